The number of hydrogen-bond donors (Lipinski definition) is 2. The number of piperazine rings is 1. The molecule has 1 unspecified atom stereocenters. The Morgan fingerprint density at radius 1 is 1.27 bits per heavy atom. The van der Waals surface area contributed by atoms with Gasteiger partial charge in [0.1, 0.15) is 18.5 Å². The monoisotopic (exact) mass is 418 g/mol. The van der Waals surface area contributed by atoms with Gasteiger partial charge in [0.2, 0.25) is 11.8 Å². The molecule has 0 spiro atoms. The molecule has 30 heavy (non-hydrogen) atoms. The Hall–Kier alpha value is -3.01. The fraction of sp³-hybridized carbons (Fsp3) is 0.550. The summed E-state index contributed by atoms with van der Waals surface area (Å²) in [6, 6.07) is 5.67. The number of ether oxygens (including phenoxy) is 2. The zero-order valence-electron chi connectivity index (χ0n) is 16.9. The SMILES string of the molecule is CC(=O)NC[C@H]1CN(c2ccc3c(c2)OCC2CN(C(=O)CCO)CCN32)C(=O)O1. The number of rotatable bonds is 5. The molecule has 10 nitrogen and oxygen atoms in total. The lowest BCUT2D eigenvalue weighted by molar-refractivity contribution is -0.132. The van der Waals surface area contributed by atoms with Crippen LogP contribution in [-0.2, 0) is 14.3 Å². The smallest absolute Gasteiger partial charge is 0.414 e. The van der Waals surface area contributed by atoms with Crippen molar-refractivity contribution in [1.29, 1.82) is 0 Å². The van der Waals surface area contributed by atoms with Gasteiger partial charge in [-0.25, -0.2) is 4.79 Å². The van der Waals surface area contributed by atoms with E-state index in [1.807, 2.05) is 18.2 Å². The maximum atomic E-state index is 12.3. The van der Waals surface area contributed by atoms with Crippen LogP contribution in [0, 0.1) is 0 Å². The molecule has 3 aliphatic heterocycles. The van der Waals surface area contributed by atoms with Crippen LogP contribution in [0.3, 0.4) is 0 Å². The van der Waals surface area contributed by atoms with Gasteiger partial charge in [0.15, 0.2) is 0 Å². The van der Waals surface area contributed by atoms with Gasteiger partial charge < -0.3 is 29.7 Å². The second-order valence-corrected chi connectivity index (χ2v) is 7.68. The maximum absolute atomic E-state index is 12.3. The van der Waals surface area contributed by atoms with Crippen LogP contribution in [0.1, 0.15) is 13.3 Å². The van der Waals surface area contributed by atoms with Crippen LogP contribution < -0.4 is 19.9 Å². The molecule has 0 saturated carbocycles. The molecular weight excluding hydrogens is 392 g/mol. The molecule has 3 aliphatic rings. The number of nitrogens with zero attached hydrogens (tertiary/aromatic N) is 3. The molecule has 10 heteroatoms. The minimum atomic E-state index is -0.449. The number of carbonyl (C=O) groups is 3. The Kier molecular flexibility index (Phi) is 5.67. The summed E-state index contributed by atoms with van der Waals surface area (Å²) in [4.78, 5) is 41.0. The summed E-state index contributed by atoms with van der Waals surface area (Å²) in [5, 5.41) is 11.7. The molecule has 2 N–H and O–H groups in total. The zero-order chi connectivity index (χ0) is 21.3. The number of aliphatic hydroxyl groups excluding tert-OH is 1. The summed E-state index contributed by atoms with van der Waals surface area (Å²) >= 11 is 0. The van der Waals surface area contributed by atoms with Gasteiger partial charge in [-0.1, -0.05) is 0 Å². The van der Waals surface area contributed by atoms with E-state index in [1.165, 1.54) is 11.8 Å². The predicted octanol–water partition coefficient (Wildman–Crippen LogP) is -0.0601. The third-order valence-corrected chi connectivity index (χ3v) is 5.61. The number of benzene rings is 1. The normalized spacial score (nSPS) is 22.7. The van der Waals surface area contributed by atoms with Crippen LogP contribution in [-0.4, -0.2) is 86.0 Å². The van der Waals surface area contributed by atoms with E-state index in [1.54, 1.807) is 4.90 Å². The van der Waals surface area contributed by atoms with Crippen molar-refractivity contribution < 1.29 is 29.0 Å². The Labute approximate surface area is 174 Å². The van der Waals surface area contributed by atoms with Crippen molar-refractivity contribution >= 4 is 29.3 Å². The standard InChI is InChI=1S/C20H26N4O6/c1-13(26)21-9-16-11-24(20(28)30-16)14-2-3-17-18(8-14)29-12-15-10-22(5-6-23(15)17)19(27)4-7-25/h2-3,8,15-16,25H,4-7,9-12H2,1H3,(H,21,26)/t15?,16-/m0/s1. The average molecular weight is 418 g/mol. The Morgan fingerprint density at radius 3 is 2.87 bits per heavy atom. The lowest BCUT2D eigenvalue weighted by Gasteiger charge is -2.45. The molecule has 162 valence electrons. The number of cyclic esters (lactones) is 1. The van der Waals surface area contributed by atoms with Crippen molar-refractivity contribution in [2.75, 3.05) is 55.7 Å². The van der Waals surface area contributed by atoms with E-state index in [0.29, 0.717) is 44.2 Å². The van der Waals surface area contributed by atoms with E-state index >= 15 is 0 Å². The minimum Gasteiger partial charge on any atom is -0.489 e. The maximum Gasteiger partial charge on any atom is 0.414 e. The van der Waals surface area contributed by atoms with Gasteiger partial charge in [0, 0.05) is 39.0 Å². The third kappa shape index (κ3) is 4.00. The lowest BCUT2D eigenvalue weighted by Crippen LogP contribution is -2.58. The zero-order valence-corrected chi connectivity index (χ0v) is 16.9. The van der Waals surface area contributed by atoms with E-state index in [0.717, 1.165) is 5.69 Å². The van der Waals surface area contributed by atoms with Crippen molar-refractivity contribution in [2.24, 2.45) is 0 Å². The molecule has 3 heterocycles. The number of fused-ring (bicyclic) bond motifs is 3. The van der Waals surface area contributed by atoms with Gasteiger partial charge in [-0.15, -0.1) is 0 Å². The number of nitrogens with one attached hydrogen (secondary N) is 1. The van der Waals surface area contributed by atoms with E-state index in [-0.39, 0.29) is 37.4 Å². The summed E-state index contributed by atoms with van der Waals surface area (Å²) in [5.41, 5.74) is 1.62. The summed E-state index contributed by atoms with van der Waals surface area (Å²) in [5.74, 6) is 0.482. The first-order chi connectivity index (χ1) is 14.5. The second kappa shape index (κ2) is 8.39. The molecule has 0 bridgehead atoms. The molecular formula is C20H26N4O6. The third-order valence-electron chi connectivity index (χ3n) is 5.61. The summed E-state index contributed by atoms with van der Waals surface area (Å²) in [6.45, 7) is 4.19. The Bertz CT molecular complexity index is 847. The van der Waals surface area contributed by atoms with E-state index in [9.17, 15) is 14.4 Å². The quantitative estimate of drug-likeness (QED) is 0.689. The number of carbonyl (C=O) groups excluding carboxylic acids is 3. The van der Waals surface area contributed by atoms with Gasteiger partial charge in [0.05, 0.1) is 37.1 Å². The van der Waals surface area contributed by atoms with E-state index < -0.39 is 12.2 Å². The first-order valence-corrected chi connectivity index (χ1v) is 10.1. The number of anilines is 2. The highest BCUT2D eigenvalue weighted by Crippen LogP contribution is 2.39. The van der Waals surface area contributed by atoms with Crippen LogP contribution in [0.25, 0.3) is 0 Å². The van der Waals surface area contributed by atoms with Gasteiger partial charge >= 0.3 is 6.09 Å². The number of hydrogen-bond acceptors (Lipinski definition) is 7. The predicted molar refractivity (Wildman–Crippen MR) is 108 cm³/mol. The topological polar surface area (TPSA) is 112 Å². The van der Waals surface area contributed by atoms with Crippen LogP contribution in [0.5, 0.6) is 5.75 Å². The number of amides is 3. The van der Waals surface area contributed by atoms with Crippen LogP contribution in [0.2, 0.25) is 0 Å². The highest BCUT2D eigenvalue weighted by atomic mass is 16.6. The van der Waals surface area contributed by atoms with Crippen molar-refractivity contribution in [3.8, 4) is 5.75 Å². The van der Waals surface area contributed by atoms with Gasteiger partial charge in [-0.3, -0.25) is 14.5 Å². The average Bonchev–Trinajstić information content (AvgIpc) is 3.12. The highest BCUT2D eigenvalue weighted by Gasteiger charge is 2.36. The summed E-state index contributed by atoms with van der Waals surface area (Å²) in [7, 11) is 0. The highest BCUT2D eigenvalue weighted by molar-refractivity contribution is 5.91. The fourth-order valence-corrected chi connectivity index (χ4v) is 4.10. The molecule has 3 amide bonds. The van der Waals surface area contributed by atoms with Crippen LogP contribution in [0.4, 0.5) is 16.2 Å². The molecule has 2 fully saturated rings. The van der Waals surface area contributed by atoms with E-state index in [4.69, 9.17) is 14.6 Å². The molecule has 1 aromatic rings. The molecule has 1 aromatic carbocycles. The minimum absolute atomic E-state index is 0.0420. The van der Waals surface area contributed by atoms with Gasteiger partial charge in [-0.2, -0.15) is 0 Å². The number of aliphatic hydroxyl groups is 1. The van der Waals surface area contributed by atoms with Crippen molar-refractivity contribution in [2.45, 2.75) is 25.5 Å². The molecule has 2 atom stereocenters. The fourth-order valence-electron chi connectivity index (χ4n) is 4.10. The molecule has 0 aromatic heterocycles. The Morgan fingerprint density at radius 2 is 2.10 bits per heavy atom. The molecule has 4 rings (SSSR count). The van der Waals surface area contributed by atoms with Crippen molar-refractivity contribution in [1.82, 2.24) is 10.2 Å². The van der Waals surface area contributed by atoms with Crippen molar-refractivity contribution in [3.05, 3.63) is 18.2 Å². The molecule has 0 aliphatic carbocycles. The van der Waals surface area contributed by atoms with Crippen LogP contribution >= 0.6 is 0 Å². The first-order valence-electron chi connectivity index (χ1n) is 10.1. The summed E-state index contributed by atoms with van der Waals surface area (Å²) < 4.78 is 11.3. The van der Waals surface area contributed by atoms with Gasteiger partial charge in [-0.05, 0) is 12.1 Å². The lowest BCUT2D eigenvalue weighted by atomic mass is 10.1. The van der Waals surface area contributed by atoms with Crippen LogP contribution in [0.15, 0.2) is 18.2 Å². The summed E-state index contributed by atoms with van der Waals surface area (Å²) in [6.07, 6.45) is -0.704. The molecule has 0 radical (unpaired) electrons. The first kappa shape index (κ1) is 20.3. The second-order valence-electron chi connectivity index (χ2n) is 7.68. The van der Waals surface area contributed by atoms with Gasteiger partial charge in [0.25, 0.3) is 0 Å². The molecule has 2 saturated heterocycles. The largest absolute Gasteiger partial charge is 0.489 e. The van der Waals surface area contributed by atoms with Crippen molar-refractivity contribution in [3.63, 3.8) is 0 Å². The van der Waals surface area contributed by atoms with E-state index in [2.05, 4.69) is 10.2 Å². The Balaban J connectivity index is 1.44.